The third kappa shape index (κ3) is 2.64. The lowest BCUT2D eigenvalue weighted by molar-refractivity contribution is -0.147. The molecule has 5 heteroatoms. The Morgan fingerprint density at radius 3 is 3.06 bits per heavy atom. The van der Waals surface area contributed by atoms with Gasteiger partial charge in [0, 0.05) is 0 Å². The van der Waals surface area contributed by atoms with Crippen molar-refractivity contribution in [3.8, 4) is 0 Å². The minimum absolute atomic E-state index is 0.0389. The molecule has 2 aliphatic rings. The van der Waals surface area contributed by atoms with Crippen LogP contribution in [0.1, 0.15) is 27.2 Å². The molecule has 4 nitrogen and oxygen atoms in total. The molecule has 0 spiro atoms. The van der Waals surface area contributed by atoms with Crippen LogP contribution in [0.2, 0.25) is 0 Å². The predicted molar refractivity (Wildman–Crippen MR) is 68.9 cm³/mol. The lowest BCUT2D eigenvalue weighted by atomic mass is 9.83. The quantitative estimate of drug-likeness (QED) is 0.783. The van der Waals surface area contributed by atoms with Crippen molar-refractivity contribution in [1.29, 1.82) is 0 Å². The van der Waals surface area contributed by atoms with Crippen molar-refractivity contribution in [2.75, 3.05) is 13.2 Å². The van der Waals surface area contributed by atoms with Gasteiger partial charge >= 0.3 is 5.97 Å². The van der Waals surface area contributed by atoms with Gasteiger partial charge in [-0.2, -0.15) is 0 Å². The summed E-state index contributed by atoms with van der Waals surface area (Å²) in [5.74, 6) is 0.379. The van der Waals surface area contributed by atoms with Crippen LogP contribution in [0, 0.1) is 5.41 Å². The summed E-state index contributed by atoms with van der Waals surface area (Å²) in [5.41, 5.74) is 0.847. The molecule has 1 atom stereocenters. The molecule has 0 bridgehead atoms. The van der Waals surface area contributed by atoms with Gasteiger partial charge in [0.1, 0.15) is 6.61 Å². The molecule has 0 radical (unpaired) electrons. The first-order valence-electron chi connectivity index (χ1n) is 6.11. The van der Waals surface area contributed by atoms with Crippen LogP contribution in [0.25, 0.3) is 0 Å². The van der Waals surface area contributed by atoms with Crippen molar-refractivity contribution in [3.05, 3.63) is 22.6 Å². The van der Waals surface area contributed by atoms with E-state index in [2.05, 4.69) is 19.2 Å². The molecule has 0 amide bonds. The minimum Gasteiger partial charge on any atom is -0.487 e. The van der Waals surface area contributed by atoms with Crippen LogP contribution in [0.15, 0.2) is 22.6 Å². The third-order valence-electron chi connectivity index (χ3n) is 2.95. The van der Waals surface area contributed by atoms with E-state index in [1.165, 1.54) is 0 Å². The second-order valence-corrected chi connectivity index (χ2v) is 5.63. The van der Waals surface area contributed by atoms with E-state index in [4.69, 9.17) is 21.1 Å². The first-order chi connectivity index (χ1) is 8.43. The number of nitrogens with one attached hydrogen (secondary N) is 1. The molecule has 0 aromatic carbocycles. The fourth-order valence-electron chi connectivity index (χ4n) is 2.20. The molecule has 0 fully saturated rings. The van der Waals surface area contributed by atoms with E-state index in [-0.39, 0.29) is 18.0 Å². The number of ether oxygens (including phenoxy) is 2. The van der Waals surface area contributed by atoms with Crippen LogP contribution < -0.4 is 5.32 Å². The van der Waals surface area contributed by atoms with Gasteiger partial charge in [-0.25, -0.2) is 4.79 Å². The van der Waals surface area contributed by atoms with Crippen molar-refractivity contribution < 1.29 is 14.3 Å². The van der Waals surface area contributed by atoms with Gasteiger partial charge in [-0.1, -0.05) is 31.5 Å². The molecular weight excluding hydrogens is 254 g/mol. The van der Waals surface area contributed by atoms with E-state index in [1.807, 2.05) is 6.08 Å². The second-order valence-electron chi connectivity index (χ2n) is 5.23. The highest BCUT2D eigenvalue weighted by molar-refractivity contribution is 6.32. The van der Waals surface area contributed by atoms with Gasteiger partial charge in [0.05, 0.1) is 17.3 Å². The SMILES string of the molecule is CCOC(=O)C1COC2=C(CC(C)(C)C=C2Cl)N1. The number of allylic oxidation sites excluding steroid dienone is 3. The van der Waals surface area contributed by atoms with Crippen LogP contribution in [-0.2, 0) is 14.3 Å². The summed E-state index contributed by atoms with van der Waals surface area (Å²) in [6, 6.07) is -0.443. The van der Waals surface area contributed by atoms with Gasteiger partial charge in [0.25, 0.3) is 0 Å². The zero-order valence-corrected chi connectivity index (χ0v) is 11.6. The van der Waals surface area contributed by atoms with Gasteiger partial charge in [-0.05, 0) is 18.8 Å². The summed E-state index contributed by atoms with van der Waals surface area (Å²) >= 11 is 6.19. The average Bonchev–Trinajstić information content (AvgIpc) is 2.26. The van der Waals surface area contributed by atoms with E-state index in [1.54, 1.807) is 6.92 Å². The third-order valence-corrected chi connectivity index (χ3v) is 3.24. The topological polar surface area (TPSA) is 47.6 Å². The van der Waals surface area contributed by atoms with E-state index < -0.39 is 6.04 Å². The Morgan fingerprint density at radius 2 is 2.39 bits per heavy atom. The highest BCUT2D eigenvalue weighted by Crippen LogP contribution is 2.39. The number of halogens is 1. The maximum Gasteiger partial charge on any atom is 0.332 e. The number of hydrogen-bond acceptors (Lipinski definition) is 4. The Bertz CT molecular complexity index is 426. The van der Waals surface area contributed by atoms with E-state index in [9.17, 15) is 4.79 Å². The van der Waals surface area contributed by atoms with E-state index in [0.717, 1.165) is 12.1 Å². The number of carbonyl (C=O) groups is 1. The molecule has 18 heavy (non-hydrogen) atoms. The fraction of sp³-hybridized carbons (Fsp3) is 0.615. The Hall–Kier alpha value is -1.16. The molecule has 0 aromatic rings. The van der Waals surface area contributed by atoms with Gasteiger partial charge in [0.2, 0.25) is 0 Å². The van der Waals surface area contributed by atoms with E-state index in [0.29, 0.717) is 17.4 Å². The van der Waals surface area contributed by atoms with Crippen molar-refractivity contribution in [1.82, 2.24) is 5.32 Å². The second kappa shape index (κ2) is 4.84. The summed E-state index contributed by atoms with van der Waals surface area (Å²) in [7, 11) is 0. The molecule has 1 aliphatic carbocycles. The summed E-state index contributed by atoms with van der Waals surface area (Å²) < 4.78 is 10.6. The monoisotopic (exact) mass is 271 g/mol. The molecule has 1 N–H and O–H groups in total. The van der Waals surface area contributed by atoms with Crippen LogP contribution in [0.4, 0.5) is 0 Å². The van der Waals surface area contributed by atoms with Crippen molar-refractivity contribution in [2.24, 2.45) is 5.41 Å². The zero-order valence-electron chi connectivity index (χ0n) is 10.9. The van der Waals surface area contributed by atoms with Crippen LogP contribution in [-0.4, -0.2) is 25.2 Å². The van der Waals surface area contributed by atoms with E-state index >= 15 is 0 Å². The standard InChI is InChI=1S/C13H18ClNO3/c1-4-17-12(16)10-7-18-11-8(14)5-13(2,3)6-9(11)15-10/h5,10,15H,4,6-7H2,1-3H3. The number of esters is 1. The predicted octanol–water partition coefficient (Wildman–Crippen LogP) is 2.30. The summed E-state index contributed by atoms with van der Waals surface area (Å²) in [5, 5.41) is 3.79. The smallest absolute Gasteiger partial charge is 0.332 e. The molecule has 1 aliphatic heterocycles. The van der Waals surface area contributed by atoms with Gasteiger partial charge in [0.15, 0.2) is 11.8 Å². The number of rotatable bonds is 2. The summed E-state index contributed by atoms with van der Waals surface area (Å²) in [6.45, 7) is 6.59. The normalized spacial score (nSPS) is 25.6. The zero-order chi connectivity index (χ0) is 13.3. The molecule has 100 valence electrons. The Labute approximate surface area is 112 Å². The lowest BCUT2D eigenvalue weighted by Crippen LogP contribution is -2.46. The highest BCUT2D eigenvalue weighted by Gasteiger charge is 2.34. The van der Waals surface area contributed by atoms with Gasteiger partial charge < -0.3 is 14.8 Å². The molecule has 1 heterocycles. The summed E-state index contributed by atoms with van der Waals surface area (Å²) in [4.78, 5) is 11.7. The van der Waals surface area contributed by atoms with Crippen LogP contribution in [0.3, 0.4) is 0 Å². The van der Waals surface area contributed by atoms with Crippen molar-refractivity contribution >= 4 is 17.6 Å². The Morgan fingerprint density at radius 1 is 1.67 bits per heavy atom. The summed E-state index contributed by atoms with van der Waals surface area (Å²) in [6.07, 6.45) is 2.76. The van der Waals surface area contributed by atoms with Crippen LogP contribution in [0.5, 0.6) is 0 Å². The first-order valence-corrected chi connectivity index (χ1v) is 6.48. The first kappa shape index (κ1) is 13.3. The van der Waals surface area contributed by atoms with Crippen LogP contribution >= 0.6 is 11.6 Å². The largest absolute Gasteiger partial charge is 0.487 e. The molecule has 0 aromatic heterocycles. The molecule has 1 unspecified atom stereocenters. The lowest BCUT2D eigenvalue weighted by Gasteiger charge is -2.35. The van der Waals surface area contributed by atoms with Crippen molar-refractivity contribution in [2.45, 2.75) is 33.2 Å². The van der Waals surface area contributed by atoms with Gasteiger partial charge in [-0.3, -0.25) is 0 Å². The Kier molecular flexibility index (Phi) is 3.57. The maximum atomic E-state index is 11.7. The molecular formula is C13H18ClNO3. The number of carbonyl (C=O) groups excluding carboxylic acids is 1. The molecule has 0 saturated heterocycles. The van der Waals surface area contributed by atoms with Crippen molar-refractivity contribution in [3.63, 3.8) is 0 Å². The highest BCUT2D eigenvalue weighted by atomic mass is 35.5. The fourth-order valence-corrected chi connectivity index (χ4v) is 2.66. The molecule has 0 saturated carbocycles. The Balaban J connectivity index is 2.15. The average molecular weight is 272 g/mol. The minimum atomic E-state index is -0.443. The van der Waals surface area contributed by atoms with Gasteiger partial charge in [-0.15, -0.1) is 0 Å². The number of hydrogen-bond donors (Lipinski definition) is 1. The maximum absolute atomic E-state index is 11.7. The molecule has 2 rings (SSSR count).